The van der Waals surface area contributed by atoms with Gasteiger partial charge in [0.15, 0.2) is 24.8 Å². The summed E-state index contributed by atoms with van der Waals surface area (Å²) < 4.78 is 4.49. The van der Waals surface area contributed by atoms with Crippen LogP contribution in [0.5, 0.6) is 0 Å². The predicted octanol–water partition coefficient (Wildman–Crippen LogP) is -2.46. The monoisotopic (exact) mass is 572 g/mol. The van der Waals surface area contributed by atoms with Gasteiger partial charge in [-0.3, -0.25) is 0 Å². The van der Waals surface area contributed by atoms with Crippen LogP contribution in [-0.2, 0) is 25.9 Å². The van der Waals surface area contributed by atoms with Crippen LogP contribution in [0.3, 0.4) is 0 Å². The van der Waals surface area contributed by atoms with Crippen LogP contribution >= 0.6 is 0 Å². The lowest BCUT2D eigenvalue weighted by atomic mass is 10.0. The van der Waals surface area contributed by atoms with Gasteiger partial charge in [0.1, 0.15) is 13.1 Å². The summed E-state index contributed by atoms with van der Waals surface area (Å²) in [6.07, 6.45) is 13.2. The molecule has 2 heterocycles. The summed E-state index contributed by atoms with van der Waals surface area (Å²) in [5.74, 6) is 0. The lowest BCUT2D eigenvalue weighted by Gasteiger charge is -2.03. The van der Waals surface area contributed by atoms with E-state index in [1.165, 1.54) is 24.0 Å². The van der Waals surface area contributed by atoms with E-state index in [0.717, 1.165) is 25.9 Å². The lowest BCUT2D eigenvalue weighted by Crippen LogP contribution is -3.00. The highest BCUT2D eigenvalue weighted by Crippen LogP contribution is 2.09. The van der Waals surface area contributed by atoms with E-state index in [2.05, 4.69) is 94.6 Å². The van der Waals surface area contributed by atoms with E-state index in [9.17, 15) is 0 Å². The van der Waals surface area contributed by atoms with Crippen molar-refractivity contribution in [2.24, 2.45) is 0 Å². The van der Waals surface area contributed by atoms with Gasteiger partial charge in [0.2, 0.25) is 0 Å². The van der Waals surface area contributed by atoms with Gasteiger partial charge in [-0.05, 0) is 24.0 Å². The highest BCUT2D eigenvalue weighted by molar-refractivity contribution is 5.22. The third-order valence-corrected chi connectivity index (χ3v) is 4.34. The highest BCUT2D eigenvalue weighted by Gasteiger charge is 2.02. The summed E-state index contributed by atoms with van der Waals surface area (Å²) in [5.41, 5.74) is 2.88. The third-order valence-electron chi connectivity index (χ3n) is 4.34. The molecule has 3 rings (SSSR count). The molecule has 0 aliphatic heterocycles. The fraction of sp³-hybridized carbons (Fsp3) is 0.273. The number of aromatic nitrogens is 2. The van der Waals surface area contributed by atoms with Crippen molar-refractivity contribution in [3.05, 3.63) is 96.6 Å². The van der Waals surface area contributed by atoms with Gasteiger partial charge < -0.3 is 48.0 Å². The number of pyridine rings is 2. The Morgan fingerprint density at radius 2 is 0.846 bits per heavy atom. The Labute approximate surface area is 191 Å². The topological polar surface area (TPSA) is 7.76 Å². The SMILES string of the molecule is [I-].[I-].c1cc[n+](CCCc2ccc(CCC[n+]3ccccc3)cc2)cc1. The summed E-state index contributed by atoms with van der Waals surface area (Å²) >= 11 is 0. The van der Waals surface area contributed by atoms with Crippen molar-refractivity contribution in [1.29, 1.82) is 0 Å². The van der Waals surface area contributed by atoms with E-state index >= 15 is 0 Å². The van der Waals surface area contributed by atoms with Crippen molar-refractivity contribution in [1.82, 2.24) is 0 Å². The Morgan fingerprint density at radius 3 is 1.19 bits per heavy atom. The Hall–Kier alpha value is -1.02. The number of hydrogen-bond acceptors (Lipinski definition) is 0. The fourth-order valence-corrected chi connectivity index (χ4v) is 2.97. The average molecular weight is 572 g/mol. The number of hydrogen-bond donors (Lipinski definition) is 0. The average Bonchev–Trinajstić information content (AvgIpc) is 2.65. The van der Waals surface area contributed by atoms with Crippen LogP contribution in [0.25, 0.3) is 0 Å². The van der Waals surface area contributed by atoms with Crippen LogP contribution in [0, 0.1) is 0 Å². The summed E-state index contributed by atoms with van der Waals surface area (Å²) in [5, 5.41) is 0. The molecule has 4 heteroatoms. The summed E-state index contributed by atoms with van der Waals surface area (Å²) in [6.45, 7) is 2.16. The van der Waals surface area contributed by atoms with E-state index in [1.54, 1.807) is 0 Å². The predicted molar refractivity (Wildman–Crippen MR) is 96.4 cm³/mol. The zero-order chi connectivity index (χ0) is 16.5. The normalized spacial score (nSPS) is 9.85. The van der Waals surface area contributed by atoms with Crippen LogP contribution in [0.15, 0.2) is 85.5 Å². The fourth-order valence-electron chi connectivity index (χ4n) is 2.97. The molecule has 0 spiro atoms. The number of rotatable bonds is 8. The van der Waals surface area contributed by atoms with Crippen LogP contribution in [0.4, 0.5) is 0 Å². The molecule has 26 heavy (non-hydrogen) atoms. The van der Waals surface area contributed by atoms with Crippen molar-refractivity contribution in [2.45, 2.75) is 38.8 Å². The standard InChI is InChI=1S/C22H26N2.2HI/c1-3-15-23(16-4-1)19-7-9-21-11-13-22(14-12-21)10-8-20-24-17-5-2-6-18-24;;/h1-6,11-18H,7-10,19-20H2;2*1H/q+2;;/p-2. The van der Waals surface area contributed by atoms with Crippen molar-refractivity contribution in [3.63, 3.8) is 0 Å². The maximum Gasteiger partial charge on any atom is 0.168 e. The largest absolute Gasteiger partial charge is 1.00 e. The molecule has 0 atom stereocenters. The minimum absolute atomic E-state index is 0. The first-order valence-electron chi connectivity index (χ1n) is 8.86. The van der Waals surface area contributed by atoms with Gasteiger partial charge in [-0.2, -0.15) is 0 Å². The van der Waals surface area contributed by atoms with Gasteiger partial charge in [-0.25, -0.2) is 9.13 Å². The lowest BCUT2D eigenvalue weighted by molar-refractivity contribution is -0.697. The van der Waals surface area contributed by atoms with Gasteiger partial charge in [-0.1, -0.05) is 36.4 Å². The maximum absolute atomic E-state index is 2.29. The molecule has 0 aliphatic rings. The Morgan fingerprint density at radius 1 is 0.500 bits per heavy atom. The summed E-state index contributed by atoms with van der Waals surface area (Å²) in [7, 11) is 0. The molecule has 0 aliphatic carbocycles. The first-order chi connectivity index (χ1) is 11.9. The molecule has 1 aromatic carbocycles. The second kappa shape index (κ2) is 13.2. The summed E-state index contributed by atoms with van der Waals surface area (Å²) in [4.78, 5) is 0. The summed E-state index contributed by atoms with van der Waals surface area (Å²) in [6, 6.07) is 21.6. The zero-order valence-corrected chi connectivity index (χ0v) is 19.3. The molecule has 0 unspecified atom stereocenters. The van der Waals surface area contributed by atoms with Gasteiger partial charge in [0.25, 0.3) is 0 Å². The number of halogens is 2. The van der Waals surface area contributed by atoms with E-state index < -0.39 is 0 Å². The molecule has 2 nitrogen and oxygen atoms in total. The maximum atomic E-state index is 2.29. The van der Waals surface area contributed by atoms with Crippen molar-refractivity contribution in [2.75, 3.05) is 0 Å². The molecule has 0 amide bonds. The van der Waals surface area contributed by atoms with E-state index in [4.69, 9.17) is 0 Å². The van der Waals surface area contributed by atoms with E-state index in [0.29, 0.717) is 0 Å². The number of benzene rings is 1. The van der Waals surface area contributed by atoms with Crippen LogP contribution in [0.1, 0.15) is 24.0 Å². The minimum atomic E-state index is 0. The van der Waals surface area contributed by atoms with Gasteiger partial charge in [0, 0.05) is 37.1 Å². The molecular formula is C22H26I2N2. The third kappa shape index (κ3) is 8.12. The molecule has 0 bridgehead atoms. The van der Waals surface area contributed by atoms with E-state index in [1.807, 2.05) is 0 Å². The van der Waals surface area contributed by atoms with Gasteiger partial charge in [-0.15, -0.1) is 0 Å². The minimum Gasteiger partial charge on any atom is -1.00 e. The number of nitrogens with zero attached hydrogens (tertiary/aromatic N) is 2. The second-order valence-electron chi connectivity index (χ2n) is 6.25. The molecule has 0 radical (unpaired) electrons. The van der Waals surface area contributed by atoms with Crippen molar-refractivity contribution in [3.8, 4) is 0 Å². The first-order valence-corrected chi connectivity index (χ1v) is 8.86. The first kappa shape index (κ1) is 23.0. The van der Waals surface area contributed by atoms with Crippen LogP contribution in [-0.4, -0.2) is 0 Å². The zero-order valence-electron chi connectivity index (χ0n) is 15.0. The molecule has 3 aromatic rings. The number of aryl methyl sites for hydroxylation is 4. The van der Waals surface area contributed by atoms with Crippen molar-refractivity contribution < 1.29 is 57.1 Å². The Bertz CT molecular complexity index is 652. The quantitative estimate of drug-likeness (QED) is 0.209. The molecule has 0 saturated heterocycles. The van der Waals surface area contributed by atoms with Crippen LogP contribution < -0.4 is 57.1 Å². The van der Waals surface area contributed by atoms with Crippen molar-refractivity contribution >= 4 is 0 Å². The molecule has 0 N–H and O–H groups in total. The second-order valence-corrected chi connectivity index (χ2v) is 6.25. The van der Waals surface area contributed by atoms with E-state index in [-0.39, 0.29) is 48.0 Å². The Balaban J connectivity index is 0.00000169. The molecule has 0 fully saturated rings. The highest BCUT2D eigenvalue weighted by atomic mass is 127. The Kier molecular flexibility index (Phi) is 11.7. The molecule has 2 aromatic heterocycles. The smallest absolute Gasteiger partial charge is 0.168 e. The van der Waals surface area contributed by atoms with Crippen LogP contribution in [0.2, 0.25) is 0 Å². The van der Waals surface area contributed by atoms with Gasteiger partial charge >= 0.3 is 0 Å². The van der Waals surface area contributed by atoms with Gasteiger partial charge in [0.05, 0.1) is 0 Å². The molecular weight excluding hydrogens is 546 g/mol. The molecule has 138 valence electrons. The molecule has 0 saturated carbocycles.